The highest BCUT2D eigenvalue weighted by molar-refractivity contribution is 6.33. The van der Waals surface area contributed by atoms with E-state index in [1.807, 2.05) is 33.0 Å². The van der Waals surface area contributed by atoms with Gasteiger partial charge in [-0.05, 0) is 59.4 Å². The van der Waals surface area contributed by atoms with Crippen molar-refractivity contribution in [3.8, 4) is 28.4 Å². The Bertz CT molecular complexity index is 1610. The number of halogens is 1. The maximum atomic E-state index is 10.1. The number of aromatic nitrogens is 5. The highest BCUT2D eigenvalue weighted by atomic mass is 35.5. The summed E-state index contributed by atoms with van der Waals surface area (Å²) in [4.78, 5) is 24.1. The molecule has 1 unspecified atom stereocenters. The lowest BCUT2D eigenvalue weighted by Crippen LogP contribution is -2.46. The van der Waals surface area contributed by atoms with Gasteiger partial charge in [-0.2, -0.15) is 0 Å². The van der Waals surface area contributed by atoms with Gasteiger partial charge in [0.2, 0.25) is 5.95 Å². The molecule has 0 aliphatic carbocycles. The highest BCUT2D eigenvalue weighted by Gasteiger charge is 2.31. The third kappa shape index (κ3) is 5.28. The summed E-state index contributed by atoms with van der Waals surface area (Å²) in [6, 6.07) is 5.80. The fraction of sp³-hybridized carbons (Fsp3) is 0.433. The molecule has 5 heterocycles. The van der Waals surface area contributed by atoms with Gasteiger partial charge in [-0.1, -0.05) is 16.8 Å². The largest absolute Gasteiger partial charge is 0.491 e. The van der Waals surface area contributed by atoms with E-state index in [9.17, 15) is 5.11 Å². The molecule has 0 saturated carbocycles. The Hall–Kier alpha value is -3.80. The number of nitrogens with zero attached hydrogens (tertiary/aromatic N) is 7. The van der Waals surface area contributed by atoms with Gasteiger partial charge in [0.1, 0.15) is 30.0 Å². The Balaban J connectivity index is 1.40. The number of aliphatic hydroxyl groups is 1. The maximum absolute atomic E-state index is 10.1. The summed E-state index contributed by atoms with van der Waals surface area (Å²) >= 11 is 6.72. The number of rotatable bonds is 9. The van der Waals surface area contributed by atoms with E-state index < -0.39 is 6.10 Å². The zero-order valence-corrected chi connectivity index (χ0v) is 25.2. The van der Waals surface area contributed by atoms with E-state index in [1.54, 1.807) is 19.2 Å². The third-order valence-corrected chi connectivity index (χ3v) is 8.30. The number of hydrogen-bond donors (Lipinski definition) is 2. The van der Waals surface area contributed by atoms with Crippen LogP contribution < -0.4 is 19.9 Å². The van der Waals surface area contributed by atoms with E-state index in [0.29, 0.717) is 53.6 Å². The Morgan fingerprint density at radius 2 is 2.02 bits per heavy atom. The molecule has 2 aliphatic heterocycles. The number of benzene rings is 1. The van der Waals surface area contributed by atoms with Gasteiger partial charge in [0.15, 0.2) is 5.82 Å². The van der Waals surface area contributed by atoms with Crippen LogP contribution >= 0.6 is 11.6 Å². The first-order valence-electron chi connectivity index (χ1n) is 14.2. The van der Waals surface area contributed by atoms with Crippen molar-refractivity contribution < 1.29 is 14.4 Å². The van der Waals surface area contributed by atoms with Crippen LogP contribution in [0, 0.1) is 20.8 Å². The molecule has 12 heteroatoms. The van der Waals surface area contributed by atoms with E-state index in [2.05, 4.69) is 32.2 Å². The van der Waals surface area contributed by atoms with Gasteiger partial charge in [0.05, 0.1) is 34.2 Å². The van der Waals surface area contributed by atoms with Gasteiger partial charge in [-0.25, -0.2) is 19.9 Å². The van der Waals surface area contributed by atoms with Gasteiger partial charge in [-0.3, -0.25) is 0 Å². The van der Waals surface area contributed by atoms with Crippen LogP contribution in [0.25, 0.3) is 22.6 Å². The smallest absolute Gasteiger partial charge is 0.225 e. The maximum Gasteiger partial charge on any atom is 0.225 e. The van der Waals surface area contributed by atoms with Crippen molar-refractivity contribution in [2.75, 3.05) is 36.5 Å². The van der Waals surface area contributed by atoms with Crippen molar-refractivity contribution in [1.29, 1.82) is 0 Å². The minimum absolute atomic E-state index is 0.136. The molecule has 0 radical (unpaired) electrons. The first-order valence-corrected chi connectivity index (χ1v) is 14.5. The number of nitrogens with one attached hydrogen (secondary N) is 1. The fourth-order valence-electron chi connectivity index (χ4n) is 5.49. The van der Waals surface area contributed by atoms with Crippen molar-refractivity contribution in [2.24, 2.45) is 0 Å². The molecule has 6 rings (SSSR count). The molecule has 0 spiro atoms. The van der Waals surface area contributed by atoms with Crippen LogP contribution in [0.1, 0.15) is 41.6 Å². The molecule has 1 fully saturated rings. The first kappa shape index (κ1) is 28.3. The molecule has 1 aromatic carbocycles. The van der Waals surface area contributed by atoms with Crippen LogP contribution in [0.2, 0.25) is 5.02 Å². The number of fused-ring (bicyclic) bond motifs is 1. The fourth-order valence-corrected chi connectivity index (χ4v) is 5.70. The van der Waals surface area contributed by atoms with Crippen molar-refractivity contribution in [3.63, 3.8) is 0 Å². The number of ether oxygens (including phenoxy) is 1. The summed E-state index contributed by atoms with van der Waals surface area (Å²) in [6.07, 6.45) is 2.45. The SMILES string of the molecule is CNC[C@@H](O)COc1ccc(Cl)c(-c2nc(-c3c(C)noc3C)c(C)c(N3Cc4cnc(N5CCC5C)nc4C3)n2)c1. The molecule has 220 valence electrons. The minimum Gasteiger partial charge on any atom is -0.491 e. The molecule has 4 aromatic rings. The van der Waals surface area contributed by atoms with E-state index in [4.69, 9.17) is 35.8 Å². The van der Waals surface area contributed by atoms with Gasteiger partial charge in [0.25, 0.3) is 0 Å². The van der Waals surface area contributed by atoms with Gasteiger partial charge in [-0.15, -0.1) is 0 Å². The van der Waals surface area contributed by atoms with Crippen LogP contribution in [-0.4, -0.2) is 69.1 Å². The predicted molar refractivity (Wildman–Crippen MR) is 161 cm³/mol. The number of aliphatic hydroxyl groups excluding tert-OH is 1. The Labute approximate surface area is 249 Å². The monoisotopic (exact) mass is 590 g/mol. The number of likely N-dealkylation sites (N-methyl/N-ethyl adjacent to an activating group) is 1. The second-order valence-electron chi connectivity index (χ2n) is 11.0. The first-order chi connectivity index (χ1) is 20.2. The molecular weight excluding hydrogens is 556 g/mol. The van der Waals surface area contributed by atoms with Crippen molar-refractivity contribution in [3.05, 3.63) is 57.7 Å². The molecule has 11 nitrogen and oxygen atoms in total. The molecule has 42 heavy (non-hydrogen) atoms. The van der Waals surface area contributed by atoms with Crippen molar-refractivity contribution in [2.45, 2.75) is 59.4 Å². The highest BCUT2D eigenvalue weighted by Crippen LogP contribution is 2.39. The Morgan fingerprint density at radius 1 is 1.19 bits per heavy atom. The van der Waals surface area contributed by atoms with E-state index >= 15 is 0 Å². The standard InChI is InChI=1S/C30H35ClN8O3/c1-16-8-9-39(16)30-33-11-20-13-38(14-25(20)34-30)29-17(2)27(26-18(3)37-42-19(26)4)35-28(36-29)23-10-22(6-7-24(23)31)41-15-21(40)12-32-5/h6-7,10-11,16,21,32,40H,8-9,12-15H2,1-5H3/t16?,21-/m1/s1. The topological polar surface area (TPSA) is 126 Å². The molecule has 2 N–H and O–H groups in total. The molecule has 3 aromatic heterocycles. The summed E-state index contributed by atoms with van der Waals surface area (Å²) in [7, 11) is 1.78. The lowest BCUT2D eigenvalue weighted by atomic mass is 10.0. The lowest BCUT2D eigenvalue weighted by molar-refractivity contribution is 0.108. The Kier molecular flexibility index (Phi) is 7.73. The molecule has 2 atom stereocenters. The van der Waals surface area contributed by atoms with Crippen LogP contribution in [-0.2, 0) is 13.1 Å². The van der Waals surface area contributed by atoms with Gasteiger partial charge in [0, 0.05) is 48.6 Å². The average Bonchev–Trinajstić information content (AvgIpc) is 3.54. The lowest BCUT2D eigenvalue weighted by Gasteiger charge is -2.38. The molecular formula is C30H35ClN8O3. The second kappa shape index (κ2) is 11.5. The quantitative estimate of drug-likeness (QED) is 0.290. The van der Waals surface area contributed by atoms with E-state index in [-0.39, 0.29) is 6.61 Å². The average molecular weight is 591 g/mol. The molecule has 0 bridgehead atoms. The Morgan fingerprint density at radius 3 is 2.71 bits per heavy atom. The van der Waals surface area contributed by atoms with Crippen molar-refractivity contribution in [1.82, 2.24) is 30.4 Å². The minimum atomic E-state index is -0.646. The van der Waals surface area contributed by atoms with E-state index in [1.165, 1.54) is 0 Å². The van der Waals surface area contributed by atoms with Crippen LogP contribution in [0.5, 0.6) is 5.75 Å². The van der Waals surface area contributed by atoms with Crippen LogP contribution in [0.15, 0.2) is 28.9 Å². The number of aryl methyl sites for hydroxylation is 2. The van der Waals surface area contributed by atoms with E-state index in [0.717, 1.165) is 58.5 Å². The van der Waals surface area contributed by atoms with Crippen LogP contribution in [0.4, 0.5) is 11.8 Å². The van der Waals surface area contributed by atoms with Crippen molar-refractivity contribution >= 4 is 23.4 Å². The molecule has 0 amide bonds. The summed E-state index contributed by atoms with van der Waals surface area (Å²) in [5.41, 5.74) is 5.93. The summed E-state index contributed by atoms with van der Waals surface area (Å²) < 4.78 is 11.4. The predicted octanol–water partition coefficient (Wildman–Crippen LogP) is 4.25. The zero-order valence-electron chi connectivity index (χ0n) is 24.5. The summed E-state index contributed by atoms with van der Waals surface area (Å²) in [6.45, 7) is 10.8. The van der Waals surface area contributed by atoms with Gasteiger partial charge < -0.3 is 29.5 Å². The second-order valence-corrected chi connectivity index (χ2v) is 11.4. The van der Waals surface area contributed by atoms with Gasteiger partial charge >= 0.3 is 0 Å². The third-order valence-electron chi connectivity index (χ3n) is 7.97. The number of hydrogen-bond acceptors (Lipinski definition) is 11. The van der Waals surface area contributed by atoms with Crippen LogP contribution in [0.3, 0.4) is 0 Å². The number of anilines is 2. The summed E-state index contributed by atoms with van der Waals surface area (Å²) in [5, 5.41) is 17.7. The summed E-state index contributed by atoms with van der Waals surface area (Å²) in [5.74, 6) is 3.25. The molecule has 2 aliphatic rings. The molecule has 1 saturated heterocycles. The normalized spacial score (nSPS) is 16.9. The zero-order chi connectivity index (χ0) is 29.5.